The number of hydrogen-bond acceptors (Lipinski definition) is 6. The standard InChI is InChI=1S/C22H23N7O2S2/c1-2-5-18-25-28-22(32)29(18)12-19(30)26-27-20(31)15-10-8-14(9-11-15)13-33-21-23-16-6-3-4-7-17(16)24-21/h3-4,6-11H,2,5,12-13H2,1H3,(H,23,24)(H,26,30)(H,27,31)(H,28,32). The van der Waals surface area contributed by atoms with Gasteiger partial charge in [-0.25, -0.2) is 4.98 Å². The van der Waals surface area contributed by atoms with Crippen molar-refractivity contribution in [2.75, 3.05) is 0 Å². The normalized spacial score (nSPS) is 10.9. The number of aromatic nitrogens is 5. The summed E-state index contributed by atoms with van der Waals surface area (Å²) in [7, 11) is 0. The maximum atomic E-state index is 12.4. The number of aryl methyl sites for hydroxylation is 1. The number of hydrazine groups is 1. The van der Waals surface area contributed by atoms with Crippen LogP contribution in [0.5, 0.6) is 0 Å². The highest BCUT2D eigenvalue weighted by Gasteiger charge is 2.12. The van der Waals surface area contributed by atoms with E-state index < -0.39 is 11.8 Å². The molecule has 0 fully saturated rings. The summed E-state index contributed by atoms with van der Waals surface area (Å²) in [5, 5.41) is 7.67. The Morgan fingerprint density at radius 2 is 1.91 bits per heavy atom. The summed E-state index contributed by atoms with van der Waals surface area (Å²) >= 11 is 6.76. The van der Waals surface area contributed by atoms with E-state index in [4.69, 9.17) is 12.2 Å². The number of para-hydroxylation sites is 2. The van der Waals surface area contributed by atoms with Crippen molar-refractivity contribution in [1.82, 2.24) is 35.6 Å². The predicted molar refractivity (Wildman–Crippen MR) is 129 cm³/mol. The summed E-state index contributed by atoms with van der Waals surface area (Å²) in [4.78, 5) is 32.5. The van der Waals surface area contributed by atoms with Crippen LogP contribution in [0.3, 0.4) is 0 Å². The number of rotatable bonds is 8. The van der Waals surface area contributed by atoms with Crippen LogP contribution in [-0.4, -0.2) is 36.5 Å². The molecule has 4 aromatic rings. The number of benzene rings is 2. The van der Waals surface area contributed by atoms with E-state index in [0.717, 1.165) is 28.2 Å². The minimum absolute atomic E-state index is 0.0249. The number of H-pyrrole nitrogens is 2. The van der Waals surface area contributed by atoms with Crippen LogP contribution in [0.2, 0.25) is 0 Å². The van der Waals surface area contributed by atoms with Crippen LogP contribution in [0.1, 0.15) is 35.1 Å². The number of thioether (sulfide) groups is 1. The Hall–Kier alpha value is -3.44. The van der Waals surface area contributed by atoms with Gasteiger partial charge in [-0.1, -0.05) is 43.0 Å². The molecule has 0 radical (unpaired) electrons. The third-order valence-corrected chi connectivity index (χ3v) is 6.14. The third-order valence-electron chi connectivity index (χ3n) is 4.89. The second-order valence-electron chi connectivity index (χ2n) is 7.33. The van der Waals surface area contributed by atoms with Gasteiger partial charge in [0.05, 0.1) is 11.0 Å². The van der Waals surface area contributed by atoms with Crippen molar-refractivity contribution in [1.29, 1.82) is 0 Å². The molecule has 0 atom stereocenters. The third kappa shape index (κ3) is 5.68. The molecule has 0 aliphatic heterocycles. The van der Waals surface area contributed by atoms with Gasteiger partial charge in [0, 0.05) is 17.7 Å². The second-order valence-corrected chi connectivity index (χ2v) is 8.68. The van der Waals surface area contributed by atoms with Crippen molar-refractivity contribution in [2.24, 2.45) is 0 Å². The van der Waals surface area contributed by atoms with Gasteiger partial charge >= 0.3 is 0 Å². The highest BCUT2D eigenvalue weighted by molar-refractivity contribution is 7.98. The first-order valence-electron chi connectivity index (χ1n) is 10.4. The highest BCUT2D eigenvalue weighted by atomic mass is 32.2. The van der Waals surface area contributed by atoms with E-state index in [-0.39, 0.29) is 6.54 Å². The van der Waals surface area contributed by atoms with E-state index in [9.17, 15) is 9.59 Å². The van der Waals surface area contributed by atoms with Gasteiger partial charge in [-0.05, 0) is 48.5 Å². The Labute approximate surface area is 199 Å². The van der Waals surface area contributed by atoms with Gasteiger partial charge in [0.25, 0.3) is 11.8 Å². The van der Waals surface area contributed by atoms with Crippen molar-refractivity contribution < 1.29 is 9.59 Å². The fraction of sp³-hybridized carbons (Fsp3) is 0.227. The van der Waals surface area contributed by atoms with Gasteiger partial charge in [0.2, 0.25) is 0 Å². The van der Waals surface area contributed by atoms with Crippen LogP contribution in [0, 0.1) is 4.77 Å². The molecule has 2 aromatic heterocycles. The molecule has 33 heavy (non-hydrogen) atoms. The second kappa shape index (κ2) is 10.5. The summed E-state index contributed by atoms with van der Waals surface area (Å²) in [6, 6.07) is 15.1. The van der Waals surface area contributed by atoms with E-state index in [1.54, 1.807) is 28.5 Å². The van der Waals surface area contributed by atoms with Gasteiger partial charge < -0.3 is 4.98 Å². The Bertz CT molecular complexity index is 1290. The average Bonchev–Trinajstić information content (AvgIpc) is 3.40. The van der Waals surface area contributed by atoms with Crippen LogP contribution < -0.4 is 10.9 Å². The first kappa shape index (κ1) is 22.7. The van der Waals surface area contributed by atoms with Crippen LogP contribution >= 0.6 is 24.0 Å². The average molecular weight is 482 g/mol. The Balaban J connectivity index is 1.28. The number of amides is 2. The zero-order valence-corrected chi connectivity index (χ0v) is 19.6. The molecule has 4 rings (SSSR count). The summed E-state index contributed by atoms with van der Waals surface area (Å²) in [5.41, 5.74) is 8.30. The number of nitrogens with zero attached hydrogens (tertiary/aromatic N) is 3. The molecule has 9 nitrogen and oxygen atoms in total. The molecule has 0 bridgehead atoms. The molecule has 0 saturated heterocycles. The van der Waals surface area contributed by atoms with Crippen LogP contribution in [0.25, 0.3) is 11.0 Å². The SMILES string of the molecule is CCCc1n[nH]c(=S)n1CC(=O)NNC(=O)c1ccc(CSc2nc3ccccc3[nH]2)cc1. The zero-order chi connectivity index (χ0) is 23.2. The number of fused-ring (bicyclic) bond motifs is 1. The largest absolute Gasteiger partial charge is 0.333 e. The topological polar surface area (TPSA) is 120 Å². The van der Waals surface area contributed by atoms with Crippen LogP contribution in [0.15, 0.2) is 53.7 Å². The Kier molecular flexibility index (Phi) is 7.20. The van der Waals surface area contributed by atoms with Gasteiger partial charge in [-0.2, -0.15) is 5.10 Å². The Morgan fingerprint density at radius 1 is 1.12 bits per heavy atom. The highest BCUT2D eigenvalue weighted by Crippen LogP contribution is 2.23. The van der Waals surface area contributed by atoms with Gasteiger partial charge in [0.1, 0.15) is 12.4 Å². The fourth-order valence-corrected chi connectivity index (χ4v) is 4.27. The molecule has 2 heterocycles. The molecule has 0 aliphatic rings. The van der Waals surface area contributed by atoms with E-state index in [0.29, 0.717) is 28.3 Å². The van der Waals surface area contributed by atoms with Crippen LogP contribution in [-0.2, 0) is 23.5 Å². The lowest BCUT2D eigenvalue weighted by molar-refractivity contribution is -0.122. The van der Waals surface area contributed by atoms with Gasteiger partial charge in [-0.3, -0.25) is 30.1 Å². The lowest BCUT2D eigenvalue weighted by Crippen LogP contribution is -2.43. The molecular weight excluding hydrogens is 458 g/mol. The molecule has 0 saturated carbocycles. The van der Waals surface area contributed by atoms with Crippen molar-refractivity contribution in [2.45, 2.75) is 37.2 Å². The number of imidazole rings is 1. The predicted octanol–water partition coefficient (Wildman–Crippen LogP) is 3.52. The van der Waals surface area contributed by atoms with E-state index >= 15 is 0 Å². The number of aromatic amines is 2. The molecule has 11 heteroatoms. The summed E-state index contributed by atoms with van der Waals surface area (Å²) < 4.78 is 1.99. The molecule has 4 N–H and O–H groups in total. The van der Waals surface area contributed by atoms with Gasteiger partial charge in [-0.15, -0.1) is 0 Å². The quantitative estimate of drug-likeness (QED) is 0.174. The Morgan fingerprint density at radius 3 is 2.67 bits per heavy atom. The molecule has 170 valence electrons. The van der Waals surface area contributed by atoms with Gasteiger partial charge in [0.15, 0.2) is 9.93 Å². The number of carbonyl (C=O) groups is 2. The first-order chi connectivity index (χ1) is 16.0. The van der Waals surface area contributed by atoms with Crippen LogP contribution in [0.4, 0.5) is 0 Å². The number of carbonyl (C=O) groups excluding carboxylic acids is 2. The molecule has 0 unspecified atom stereocenters. The zero-order valence-electron chi connectivity index (χ0n) is 17.9. The van der Waals surface area contributed by atoms with Crippen molar-refractivity contribution in [3.05, 3.63) is 70.3 Å². The smallest absolute Gasteiger partial charge is 0.269 e. The summed E-state index contributed by atoms with van der Waals surface area (Å²) in [6.07, 6.45) is 1.58. The lowest BCUT2D eigenvalue weighted by Gasteiger charge is -2.09. The first-order valence-corrected chi connectivity index (χ1v) is 11.8. The van der Waals surface area contributed by atoms with E-state index in [2.05, 4.69) is 31.0 Å². The number of hydrogen-bond donors (Lipinski definition) is 4. The minimum atomic E-state index is -0.399. The van der Waals surface area contributed by atoms with E-state index in [1.165, 1.54) is 0 Å². The fourth-order valence-electron chi connectivity index (χ4n) is 3.21. The van der Waals surface area contributed by atoms with Crippen molar-refractivity contribution in [3.8, 4) is 0 Å². The summed E-state index contributed by atoms with van der Waals surface area (Å²) in [5.74, 6) is 0.630. The maximum absolute atomic E-state index is 12.4. The monoisotopic (exact) mass is 481 g/mol. The summed E-state index contributed by atoms with van der Waals surface area (Å²) in [6.45, 7) is 1.99. The molecule has 0 spiro atoms. The van der Waals surface area contributed by atoms with E-state index in [1.807, 2.05) is 43.3 Å². The molecule has 2 aromatic carbocycles. The number of nitrogens with one attached hydrogen (secondary N) is 4. The van der Waals surface area contributed by atoms with Crippen molar-refractivity contribution in [3.63, 3.8) is 0 Å². The molecule has 2 amide bonds. The van der Waals surface area contributed by atoms with Crippen molar-refractivity contribution >= 4 is 46.8 Å². The molecule has 0 aliphatic carbocycles. The lowest BCUT2D eigenvalue weighted by atomic mass is 10.1. The maximum Gasteiger partial charge on any atom is 0.269 e. The molecular formula is C22H23N7O2S2. The minimum Gasteiger partial charge on any atom is -0.333 e.